The van der Waals surface area contributed by atoms with Crippen molar-refractivity contribution in [2.75, 3.05) is 18.0 Å². The number of nitrogen functional groups attached to an aromatic ring is 1. The van der Waals surface area contributed by atoms with Crippen molar-refractivity contribution in [2.45, 2.75) is 11.8 Å². The van der Waals surface area contributed by atoms with E-state index in [4.69, 9.17) is 5.73 Å². The van der Waals surface area contributed by atoms with Gasteiger partial charge in [-0.3, -0.25) is 4.79 Å². The van der Waals surface area contributed by atoms with E-state index < -0.39 is 0 Å². The lowest BCUT2D eigenvalue weighted by atomic mass is 10.5. The predicted molar refractivity (Wildman–Crippen MR) is 58.1 cm³/mol. The van der Waals surface area contributed by atoms with E-state index in [0.717, 1.165) is 4.90 Å². The highest BCUT2D eigenvalue weighted by molar-refractivity contribution is 8.00. The summed E-state index contributed by atoms with van der Waals surface area (Å²) in [5, 5.41) is 2.72. The highest BCUT2D eigenvalue weighted by Gasteiger charge is 2.00. The van der Waals surface area contributed by atoms with Crippen LogP contribution in [0.15, 0.2) is 23.2 Å². The third-order valence-electron chi connectivity index (χ3n) is 1.50. The smallest absolute Gasteiger partial charge is 0.230 e. The number of aromatic nitrogens is 1. The molecule has 1 aromatic rings. The molecule has 0 atom stereocenters. The van der Waals surface area contributed by atoms with Crippen LogP contribution < -0.4 is 11.1 Å². The average molecular weight is 211 g/mol. The van der Waals surface area contributed by atoms with E-state index in [9.17, 15) is 4.79 Å². The number of pyridine rings is 1. The normalized spacial score (nSPS) is 9.79. The molecule has 1 aromatic heterocycles. The maximum Gasteiger partial charge on any atom is 0.230 e. The summed E-state index contributed by atoms with van der Waals surface area (Å²) in [6.45, 7) is 2.56. The second-order valence-corrected chi connectivity index (χ2v) is 3.71. The first-order valence-electron chi connectivity index (χ1n) is 4.33. The Bertz CT molecular complexity index is 299. The van der Waals surface area contributed by atoms with Crippen molar-refractivity contribution in [1.82, 2.24) is 10.3 Å². The van der Waals surface area contributed by atoms with Crippen LogP contribution >= 0.6 is 11.8 Å². The Morgan fingerprint density at radius 3 is 3.00 bits per heavy atom. The minimum absolute atomic E-state index is 0.0364. The van der Waals surface area contributed by atoms with Crippen molar-refractivity contribution in [1.29, 1.82) is 0 Å². The molecule has 1 amide bonds. The molecule has 0 spiro atoms. The van der Waals surface area contributed by atoms with Crippen molar-refractivity contribution in [2.24, 2.45) is 0 Å². The Labute approximate surface area is 87.3 Å². The minimum Gasteiger partial charge on any atom is -0.384 e. The summed E-state index contributed by atoms with van der Waals surface area (Å²) < 4.78 is 0. The second-order valence-electron chi connectivity index (χ2n) is 2.66. The number of nitrogens with two attached hydrogens (primary N) is 1. The molecule has 3 N–H and O–H groups in total. The van der Waals surface area contributed by atoms with E-state index in [1.54, 1.807) is 12.3 Å². The maximum atomic E-state index is 11.1. The van der Waals surface area contributed by atoms with Gasteiger partial charge < -0.3 is 11.1 Å². The highest BCUT2D eigenvalue weighted by Crippen LogP contribution is 2.16. The van der Waals surface area contributed by atoms with Crippen LogP contribution in [-0.4, -0.2) is 23.2 Å². The van der Waals surface area contributed by atoms with Gasteiger partial charge in [0.05, 0.1) is 5.75 Å². The van der Waals surface area contributed by atoms with Crippen molar-refractivity contribution in [3.63, 3.8) is 0 Å². The number of rotatable bonds is 4. The molecular formula is C9H13N3OS. The number of thioether (sulfide) groups is 1. The Morgan fingerprint density at radius 2 is 2.43 bits per heavy atom. The van der Waals surface area contributed by atoms with Gasteiger partial charge >= 0.3 is 0 Å². The first-order chi connectivity index (χ1) is 6.72. The van der Waals surface area contributed by atoms with Crippen LogP contribution in [0.5, 0.6) is 0 Å². The largest absolute Gasteiger partial charge is 0.384 e. The van der Waals surface area contributed by atoms with Gasteiger partial charge in [-0.15, -0.1) is 11.8 Å². The average Bonchev–Trinajstić information content (AvgIpc) is 2.17. The van der Waals surface area contributed by atoms with Gasteiger partial charge in [-0.1, -0.05) is 0 Å². The molecule has 0 aromatic carbocycles. The summed E-state index contributed by atoms with van der Waals surface area (Å²) in [5.74, 6) is 0.945. The fourth-order valence-electron chi connectivity index (χ4n) is 0.874. The van der Waals surface area contributed by atoms with E-state index in [-0.39, 0.29) is 5.91 Å². The summed E-state index contributed by atoms with van der Waals surface area (Å²) in [7, 11) is 0. The number of carbonyl (C=O) groups excluding carboxylic acids is 1. The van der Waals surface area contributed by atoms with Crippen LogP contribution in [0.4, 0.5) is 5.82 Å². The van der Waals surface area contributed by atoms with Crippen LogP contribution in [0.25, 0.3) is 0 Å². The number of carbonyl (C=O) groups is 1. The zero-order valence-electron chi connectivity index (χ0n) is 7.99. The Kier molecular flexibility index (Phi) is 4.25. The van der Waals surface area contributed by atoms with Gasteiger partial charge in [-0.25, -0.2) is 4.98 Å². The van der Waals surface area contributed by atoms with E-state index >= 15 is 0 Å². The maximum absolute atomic E-state index is 11.1. The van der Waals surface area contributed by atoms with E-state index in [1.807, 2.05) is 13.0 Å². The lowest BCUT2D eigenvalue weighted by Gasteiger charge is -2.01. The summed E-state index contributed by atoms with van der Waals surface area (Å²) in [6.07, 6.45) is 1.67. The van der Waals surface area contributed by atoms with Crippen molar-refractivity contribution in [3.8, 4) is 0 Å². The summed E-state index contributed by atoms with van der Waals surface area (Å²) in [5.41, 5.74) is 5.43. The third-order valence-corrected chi connectivity index (χ3v) is 2.48. The van der Waals surface area contributed by atoms with Crippen LogP contribution in [0.3, 0.4) is 0 Å². The van der Waals surface area contributed by atoms with Gasteiger partial charge in [-0.2, -0.15) is 0 Å². The molecule has 0 unspecified atom stereocenters. The van der Waals surface area contributed by atoms with Crippen molar-refractivity contribution in [3.05, 3.63) is 18.3 Å². The fourth-order valence-corrected chi connectivity index (χ4v) is 1.57. The van der Waals surface area contributed by atoms with Gasteiger partial charge in [0.2, 0.25) is 5.91 Å². The van der Waals surface area contributed by atoms with Crippen LogP contribution in [-0.2, 0) is 4.79 Å². The Balaban J connectivity index is 2.38. The third kappa shape index (κ3) is 3.66. The van der Waals surface area contributed by atoms with E-state index in [1.165, 1.54) is 11.8 Å². The van der Waals surface area contributed by atoms with Crippen molar-refractivity contribution >= 4 is 23.5 Å². The molecule has 14 heavy (non-hydrogen) atoms. The molecule has 0 aliphatic carbocycles. The van der Waals surface area contributed by atoms with Crippen LogP contribution in [0.2, 0.25) is 0 Å². The van der Waals surface area contributed by atoms with Crippen molar-refractivity contribution < 1.29 is 4.79 Å². The molecule has 5 heteroatoms. The molecule has 0 radical (unpaired) electrons. The lowest BCUT2D eigenvalue weighted by molar-refractivity contribution is -0.118. The zero-order valence-corrected chi connectivity index (χ0v) is 8.80. The lowest BCUT2D eigenvalue weighted by Crippen LogP contribution is -2.24. The molecular weight excluding hydrogens is 198 g/mol. The first kappa shape index (κ1) is 10.8. The number of amides is 1. The summed E-state index contributed by atoms with van der Waals surface area (Å²) in [6, 6.07) is 3.58. The fraction of sp³-hybridized carbons (Fsp3) is 0.333. The molecule has 0 bridgehead atoms. The van der Waals surface area contributed by atoms with Crippen LogP contribution in [0.1, 0.15) is 6.92 Å². The highest BCUT2D eigenvalue weighted by atomic mass is 32.2. The summed E-state index contributed by atoms with van der Waals surface area (Å²) in [4.78, 5) is 16.0. The Morgan fingerprint density at radius 1 is 1.64 bits per heavy atom. The monoisotopic (exact) mass is 211 g/mol. The van der Waals surface area contributed by atoms with Gasteiger partial charge in [-0.05, 0) is 19.1 Å². The quantitative estimate of drug-likeness (QED) is 0.726. The molecule has 0 saturated carbocycles. The topological polar surface area (TPSA) is 68.0 Å². The first-order valence-corrected chi connectivity index (χ1v) is 5.32. The number of anilines is 1. The molecule has 0 aliphatic rings. The minimum atomic E-state index is 0.0364. The van der Waals surface area contributed by atoms with Gasteiger partial charge in [0, 0.05) is 17.6 Å². The van der Waals surface area contributed by atoms with Crippen LogP contribution in [0, 0.1) is 0 Å². The molecule has 1 rings (SSSR count). The molecule has 0 aliphatic heterocycles. The van der Waals surface area contributed by atoms with Gasteiger partial charge in [0.25, 0.3) is 0 Å². The molecule has 76 valence electrons. The number of hydrogen-bond donors (Lipinski definition) is 2. The van der Waals surface area contributed by atoms with Gasteiger partial charge in [0.1, 0.15) is 5.82 Å². The molecule has 1 heterocycles. The summed E-state index contributed by atoms with van der Waals surface area (Å²) >= 11 is 1.45. The number of nitrogens with zero attached hydrogens (tertiary/aromatic N) is 1. The van der Waals surface area contributed by atoms with Gasteiger partial charge in [0.15, 0.2) is 0 Å². The van der Waals surface area contributed by atoms with E-state index in [2.05, 4.69) is 10.3 Å². The number of nitrogens with one attached hydrogen (secondary N) is 1. The SMILES string of the molecule is CCNC(=O)CSc1ccc(N)nc1. The number of hydrogen-bond acceptors (Lipinski definition) is 4. The second kappa shape index (κ2) is 5.49. The van der Waals surface area contributed by atoms with E-state index in [0.29, 0.717) is 18.1 Å². The molecule has 0 saturated heterocycles. The Hall–Kier alpha value is -1.23. The predicted octanol–water partition coefficient (Wildman–Crippen LogP) is 0.892. The molecule has 4 nitrogen and oxygen atoms in total. The standard InChI is InChI=1S/C9H13N3OS/c1-2-11-9(13)6-14-7-3-4-8(10)12-5-7/h3-5H,2,6H2,1H3,(H2,10,12)(H,11,13). The zero-order chi connectivity index (χ0) is 10.4. The molecule has 0 fully saturated rings.